The Morgan fingerprint density at radius 2 is 1.65 bits per heavy atom. The van der Waals surface area contributed by atoms with Crippen LogP contribution < -0.4 is 15.8 Å². The predicted octanol–water partition coefficient (Wildman–Crippen LogP) is 4.73. The maximum Gasteiger partial charge on any atom is 0.420 e. The van der Waals surface area contributed by atoms with E-state index in [4.69, 9.17) is 39.5 Å². The van der Waals surface area contributed by atoms with E-state index in [9.17, 15) is 18.0 Å². The molecule has 186 valence electrons. The Labute approximate surface area is 213 Å². The molecule has 0 aliphatic carbocycles. The van der Waals surface area contributed by atoms with Crippen molar-refractivity contribution in [2.45, 2.75) is 25.7 Å². The SMILES string of the molecule is CC(C)(c1ccc(NCC(=O)CCS(=O)(=O)OC(N)=O)cc1)c1cc(Cl)c(OCCCl)c(Cl)c1. The molecule has 34 heavy (non-hydrogen) atoms. The summed E-state index contributed by atoms with van der Waals surface area (Å²) in [6.07, 6.45) is -1.76. The Morgan fingerprint density at radius 3 is 2.18 bits per heavy atom. The lowest BCUT2D eigenvalue weighted by Gasteiger charge is -2.27. The van der Waals surface area contributed by atoms with E-state index in [1.807, 2.05) is 26.0 Å². The Bertz CT molecular complexity index is 1110. The first-order valence-corrected chi connectivity index (χ1v) is 13.0. The van der Waals surface area contributed by atoms with Crippen LogP contribution in [0.15, 0.2) is 36.4 Å². The van der Waals surface area contributed by atoms with E-state index in [1.54, 1.807) is 24.3 Å². The van der Waals surface area contributed by atoms with Gasteiger partial charge in [-0.15, -0.1) is 11.6 Å². The zero-order chi connectivity index (χ0) is 25.5. The molecule has 0 aromatic heterocycles. The van der Waals surface area contributed by atoms with Crippen molar-refractivity contribution in [2.24, 2.45) is 5.73 Å². The lowest BCUT2D eigenvalue weighted by molar-refractivity contribution is -0.117. The molecule has 0 heterocycles. The van der Waals surface area contributed by atoms with Crippen LogP contribution in [-0.2, 0) is 24.5 Å². The van der Waals surface area contributed by atoms with Crippen molar-refractivity contribution in [1.82, 2.24) is 0 Å². The first-order chi connectivity index (χ1) is 15.9. The molecule has 12 heteroatoms. The number of hydrogen-bond donors (Lipinski definition) is 2. The highest BCUT2D eigenvalue weighted by atomic mass is 35.5. The number of alkyl halides is 1. The number of nitrogens with one attached hydrogen (secondary N) is 1. The fourth-order valence-corrected chi connectivity index (χ4v) is 4.55. The van der Waals surface area contributed by atoms with Gasteiger partial charge in [-0.1, -0.05) is 49.2 Å². The van der Waals surface area contributed by atoms with E-state index in [0.29, 0.717) is 27.4 Å². The number of nitrogens with two attached hydrogens (primary N) is 1. The van der Waals surface area contributed by atoms with Crippen LogP contribution in [0.2, 0.25) is 10.0 Å². The van der Waals surface area contributed by atoms with Crippen LogP contribution in [-0.4, -0.2) is 45.1 Å². The molecule has 2 rings (SSSR count). The van der Waals surface area contributed by atoms with Gasteiger partial charge in [-0.3, -0.25) is 4.79 Å². The smallest absolute Gasteiger partial charge is 0.420 e. The van der Waals surface area contributed by atoms with Crippen molar-refractivity contribution in [3.63, 3.8) is 0 Å². The monoisotopic (exact) mass is 550 g/mol. The van der Waals surface area contributed by atoms with Crippen LogP contribution in [0.4, 0.5) is 10.5 Å². The van der Waals surface area contributed by atoms with Crippen molar-refractivity contribution in [3.05, 3.63) is 57.6 Å². The van der Waals surface area contributed by atoms with E-state index < -0.39 is 27.4 Å². The summed E-state index contributed by atoms with van der Waals surface area (Å²) in [7, 11) is -4.18. The largest absolute Gasteiger partial charge is 0.489 e. The maximum atomic E-state index is 12.0. The average Bonchev–Trinajstić information content (AvgIpc) is 2.75. The van der Waals surface area contributed by atoms with E-state index in [1.165, 1.54) is 0 Å². The van der Waals surface area contributed by atoms with Gasteiger partial charge in [-0.2, -0.15) is 8.42 Å². The van der Waals surface area contributed by atoms with Crippen molar-refractivity contribution in [2.75, 3.05) is 30.1 Å². The highest BCUT2D eigenvalue weighted by Crippen LogP contribution is 2.40. The zero-order valence-corrected chi connectivity index (χ0v) is 21.7. The molecule has 0 aliphatic rings. The minimum Gasteiger partial charge on any atom is -0.489 e. The summed E-state index contributed by atoms with van der Waals surface area (Å²) in [5.74, 6) is -0.303. The van der Waals surface area contributed by atoms with E-state index >= 15 is 0 Å². The molecular weight excluding hydrogens is 527 g/mol. The first-order valence-electron chi connectivity index (χ1n) is 10.1. The Morgan fingerprint density at radius 1 is 1.06 bits per heavy atom. The number of primary amides is 1. The van der Waals surface area contributed by atoms with Crippen LogP contribution in [0, 0.1) is 0 Å². The van der Waals surface area contributed by atoms with Gasteiger partial charge >= 0.3 is 16.2 Å². The lowest BCUT2D eigenvalue weighted by atomic mass is 9.78. The van der Waals surface area contributed by atoms with Crippen molar-refractivity contribution >= 4 is 62.5 Å². The molecule has 0 fully saturated rings. The molecule has 0 saturated heterocycles. The Hall–Kier alpha value is -2.20. The number of amides is 1. The minimum atomic E-state index is -4.18. The number of ketones is 1. The summed E-state index contributed by atoms with van der Waals surface area (Å²) in [6, 6.07) is 11.0. The third-order valence-electron chi connectivity index (χ3n) is 4.98. The third kappa shape index (κ3) is 7.94. The van der Waals surface area contributed by atoms with E-state index in [0.717, 1.165) is 11.1 Å². The number of rotatable bonds is 12. The Balaban J connectivity index is 2.03. The normalized spacial score (nSPS) is 11.7. The number of benzene rings is 2. The van der Waals surface area contributed by atoms with E-state index in [-0.39, 0.29) is 25.4 Å². The van der Waals surface area contributed by atoms with Crippen LogP contribution >= 0.6 is 34.8 Å². The molecule has 2 aromatic rings. The second-order valence-corrected chi connectivity index (χ2v) is 10.7. The highest BCUT2D eigenvalue weighted by Gasteiger charge is 2.25. The molecule has 0 spiro atoms. The van der Waals surface area contributed by atoms with Crippen LogP contribution in [0.3, 0.4) is 0 Å². The fraction of sp³-hybridized carbons (Fsp3) is 0.364. The minimum absolute atomic E-state index is 0.0934. The second kappa shape index (κ2) is 12.0. The molecular formula is C22H25Cl3N2O6S. The van der Waals surface area contributed by atoms with Gasteiger partial charge in [0.25, 0.3) is 0 Å². The molecule has 0 saturated carbocycles. The average molecular weight is 552 g/mol. The van der Waals surface area contributed by atoms with Gasteiger partial charge in [-0.05, 0) is 35.4 Å². The molecule has 3 N–H and O–H groups in total. The maximum absolute atomic E-state index is 12.0. The molecule has 0 unspecified atom stereocenters. The van der Waals surface area contributed by atoms with Gasteiger partial charge in [-0.25, -0.2) is 4.79 Å². The molecule has 0 aliphatic heterocycles. The number of hydrogen-bond acceptors (Lipinski definition) is 7. The number of anilines is 1. The highest BCUT2D eigenvalue weighted by molar-refractivity contribution is 7.87. The molecule has 0 atom stereocenters. The number of carbonyl (C=O) groups is 2. The predicted molar refractivity (Wildman–Crippen MR) is 134 cm³/mol. The van der Waals surface area contributed by atoms with Gasteiger partial charge in [0.15, 0.2) is 11.5 Å². The van der Waals surface area contributed by atoms with Gasteiger partial charge in [0, 0.05) is 17.5 Å². The van der Waals surface area contributed by atoms with Gasteiger partial charge in [0.1, 0.15) is 6.61 Å². The fourth-order valence-electron chi connectivity index (χ4n) is 3.07. The summed E-state index contributed by atoms with van der Waals surface area (Å²) in [4.78, 5) is 22.5. The van der Waals surface area contributed by atoms with Crippen molar-refractivity contribution < 1.29 is 26.9 Å². The van der Waals surface area contributed by atoms with Crippen molar-refractivity contribution in [3.8, 4) is 5.75 Å². The molecule has 0 bridgehead atoms. The van der Waals surface area contributed by atoms with Crippen LogP contribution in [0.25, 0.3) is 0 Å². The van der Waals surface area contributed by atoms with Gasteiger partial charge in [0.05, 0.1) is 28.2 Å². The Kier molecular flexibility index (Phi) is 9.87. The quantitative estimate of drug-likeness (QED) is 0.288. The number of halogens is 3. The summed E-state index contributed by atoms with van der Waals surface area (Å²) in [5, 5.41) is 3.72. The lowest BCUT2D eigenvalue weighted by Crippen LogP contribution is -2.23. The number of ether oxygens (including phenoxy) is 1. The molecule has 8 nitrogen and oxygen atoms in total. The first kappa shape index (κ1) is 28.0. The van der Waals surface area contributed by atoms with Crippen molar-refractivity contribution in [1.29, 1.82) is 0 Å². The number of Topliss-reactive ketones (excluding diaryl/α,β-unsaturated/α-hetero) is 1. The third-order valence-corrected chi connectivity index (χ3v) is 6.82. The molecule has 1 amide bonds. The zero-order valence-electron chi connectivity index (χ0n) is 18.6. The molecule has 2 aromatic carbocycles. The summed E-state index contributed by atoms with van der Waals surface area (Å²) in [5.41, 5.74) is 6.76. The van der Waals surface area contributed by atoms with Crippen LogP contribution in [0.1, 0.15) is 31.4 Å². The topological polar surface area (TPSA) is 125 Å². The summed E-state index contributed by atoms with van der Waals surface area (Å²) < 4.78 is 32.4. The van der Waals surface area contributed by atoms with Crippen LogP contribution in [0.5, 0.6) is 5.75 Å². The standard InChI is InChI=1S/C22H25Cl3N2O6S/c1-22(2,15-11-18(24)20(19(25)12-15)32-9-8-23)14-3-5-16(6-4-14)27-13-17(28)7-10-34(30,31)33-21(26)29/h3-6,11-12,27H,7-10,13H2,1-2H3,(H2,26,29). The number of carbonyl (C=O) groups excluding carboxylic acids is 2. The molecule has 0 radical (unpaired) electrons. The van der Waals surface area contributed by atoms with E-state index in [2.05, 4.69) is 15.2 Å². The summed E-state index contributed by atoms with van der Waals surface area (Å²) >= 11 is 18.4. The summed E-state index contributed by atoms with van der Waals surface area (Å²) in [6.45, 7) is 4.24. The van der Waals surface area contributed by atoms with Gasteiger partial charge < -0.3 is 20.0 Å². The van der Waals surface area contributed by atoms with Gasteiger partial charge in [0.2, 0.25) is 0 Å². The second-order valence-electron chi connectivity index (χ2n) is 7.82.